The van der Waals surface area contributed by atoms with Crippen LogP contribution in [0.5, 0.6) is 5.88 Å². The van der Waals surface area contributed by atoms with Crippen LogP contribution in [0.15, 0.2) is 22.9 Å². The van der Waals surface area contributed by atoms with Gasteiger partial charge in [0, 0.05) is 24.7 Å². The van der Waals surface area contributed by atoms with Crippen molar-refractivity contribution in [2.45, 2.75) is 53.2 Å². The van der Waals surface area contributed by atoms with Gasteiger partial charge in [-0.25, -0.2) is 4.98 Å². The number of hydrogen-bond donors (Lipinski definition) is 1. The molecular formula is C17H23N3O3. The molecule has 2 aromatic heterocycles. The average molecular weight is 317 g/mol. The van der Waals surface area contributed by atoms with Crippen LogP contribution in [0.3, 0.4) is 0 Å². The molecule has 0 spiro atoms. The summed E-state index contributed by atoms with van der Waals surface area (Å²) in [4.78, 5) is 16.6. The minimum atomic E-state index is -0.185. The second-order valence-corrected chi connectivity index (χ2v) is 6.02. The van der Waals surface area contributed by atoms with Crippen LogP contribution in [-0.2, 0) is 6.54 Å². The Hall–Kier alpha value is -2.37. The summed E-state index contributed by atoms with van der Waals surface area (Å²) in [5.74, 6) is 1.10. The molecule has 23 heavy (non-hydrogen) atoms. The summed E-state index contributed by atoms with van der Waals surface area (Å²) >= 11 is 0. The van der Waals surface area contributed by atoms with Gasteiger partial charge in [0.2, 0.25) is 5.88 Å². The van der Waals surface area contributed by atoms with E-state index in [0.29, 0.717) is 29.4 Å². The first-order valence-corrected chi connectivity index (χ1v) is 7.74. The molecular weight excluding hydrogens is 294 g/mol. The summed E-state index contributed by atoms with van der Waals surface area (Å²) in [5.41, 5.74) is 2.02. The maximum absolute atomic E-state index is 12.4. The first-order valence-electron chi connectivity index (χ1n) is 7.74. The van der Waals surface area contributed by atoms with Crippen molar-refractivity contribution in [2.75, 3.05) is 0 Å². The van der Waals surface area contributed by atoms with E-state index in [9.17, 15) is 4.79 Å². The molecule has 1 N–H and O–H groups in total. The van der Waals surface area contributed by atoms with E-state index in [4.69, 9.17) is 9.26 Å². The normalized spacial score (nSPS) is 11.1. The Morgan fingerprint density at radius 1 is 1.30 bits per heavy atom. The van der Waals surface area contributed by atoms with Crippen LogP contribution in [0.4, 0.5) is 0 Å². The number of nitrogens with zero attached hydrogens (tertiary/aromatic N) is 2. The van der Waals surface area contributed by atoms with Crippen LogP contribution in [0.1, 0.15) is 61.0 Å². The van der Waals surface area contributed by atoms with E-state index in [2.05, 4.69) is 15.5 Å². The third-order valence-corrected chi connectivity index (χ3v) is 3.25. The highest BCUT2D eigenvalue weighted by atomic mass is 16.5. The van der Waals surface area contributed by atoms with Crippen LogP contribution < -0.4 is 10.1 Å². The molecule has 0 saturated heterocycles. The van der Waals surface area contributed by atoms with Crippen molar-refractivity contribution in [1.82, 2.24) is 15.5 Å². The molecule has 0 unspecified atom stereocenters. The average Bonchev–Trinajstić information content (AvgIpc) is 2.88. The van der Waals surface area contributed by atoms with Crippen LogP contribution in [0.2, 0.25) is 0 Å². The Bertz CT molecular complexity index is 660. The molecule has 2 aromatic rings. The van der Waals surface area contributed by atoms with Gasteiger partial charge in [-0.3, -0.25) is 4.79 Å². The van der Waals surface area contributed by atoms with Crippen LogP contribution in [-0.4, -0.2) is 22.2 Å². The van der Waals surface area contributed by atoms with Gasteiger partial charge in [0.1, 0.15) is 5.56 Å². The van der Waals surface area contributed by atoms with Crippen molar-refractivity contribution in [3.05, 3.63) is 40.9 Å². The van der Waals surface area contributed by atoms with Gasteiger partial charge in [0.25, 0.3) is 5.91 Å². The van der Waals surface area contributed by atoms with E-state index >= 15 is 0 Å². The van der Waals surface area contributed by atoms with Crippen molar-refractivity contribution in [3.63, 3.8) is 0 Å². The molecule has 0 atom stereocenters. The maximum Gasteiger partial charge on any atom is 0.257 e. The molecule has 0 saturated carbocycles. The van der Waals surface area contributed by atoms with E-state index in [1.807, 2.05) is 33.8 Å². The zero-order chi connectivity index (χ0) is 17.0. The lowest BCUT2D eigenvalue weighted by molar-refractivity contribution is 0.0948. The lowest BCUT2D eigenvalue weighted by Crippen LogP contribution is -2.24. The number of ether oxygens (including phenoxy) is 1. The van der Waals surface area contributed by atoms with Gasteiger partial charge in [-0.2, -0.15) is 0 Å². The predicted molar refractivity (Wildman–Crippen MR) is 86.5 cm³/mol. The quantitative estimate of drug-likeness (QED) is 0.885. The summed E-state index contributed by atoms with van der Waals surface area (Å²) in [6, 6.07) is 3.68. The molecule has 1 amide bonds. The minimum Gasteiger partial charge on any atom is -0.475 e. The van der Waals surface area contributed by atoms with Crippen molar-refractivity contribution >= 4 is 5.91 Å². The zero-order valence-corrected chi connectivity index (χ0v) is 14.2. The number of rotatable bonds is 6. The van der Waals surface area contributed by atoms with E-state index in [1.165, 1.54) is 0 Å². The Kier molecular flexibility index (Phi) is 5.36. The number of amides is 1. The second kappa shape index (κ2) is 7.26. The van der Waals surface area contributed by atoms with E-state index in [0.717, 1.165) is 5.56 Å². The molecule has 0 aliphatic heterocycles. The van der Waals surface area contributed by atoms with Gasteiger partial charge in [-0.05, 0) is 26.3 Å². The number of hydrogen-bond acceptors (Lipinski definition) is 5. The third kappa shape index (κ3) is 4.31. The number of aryl methyl sites for hydroxylation is 1. The SMILES string of the molecule is Cc1noc(C(C)C)c1C(=O)NCc1ccc(OC(C)C)nc1. The van der Waals surface area contributed by atoms with Gasteiger partial charge in [0.05, 0.1) is 11.8 Å². The van der Waals surface area contributed by atoms with Gasteiger partial charge >= 0.3 is 0 Å². The van der Waals surface area contributed by atoms with Gasteiger partial charge in [-0.1, -0.05) is 25.1 Å². The van der Waals surface area contributed by atoms with E-state index in [1.54, 1.807) is 19.2 Å². The van der Waals surface area contributed by atoms with Gasteiger partial charge in [-0.15, -0.1) is 0 Å². The first kappa shape index (κ1) is 17.0. The number of carbonyl (C=O) groups excluding carboxylic acids is 1. The van der Waals surface area contributed by atoms with Crippen LogP contribution >= 0.6 is 0 Å². The van der Waals surface area contributed by atoms with Crippen LogP contribution in [0, 0.1) is 6.92 Å². The van der Waals surface area contributed by atoms with Crippen molar-refractivity contribution in [1.29, 1.82) is 0 Å². The summed E-state index contributed by atoms with van der Waals surface area (Å²) < 4.78 is 10.7. The third-order valence-electron chi connectivity index (χ3n) is 3.25. The predicted octanol–water partition coefficient (Wildman–Crippen LogP) is 3.22. The van der Waals surface area contributed by atoms with Crippen molar-refractivity contribution in [3.8, 4) is 5.88 Å². The highest BCUT2D eigenvalue weighted by molar-refractivity contribution is 5.96. The topological polar surface area (TPSA) is 77.2 Å². The smallest absolute Gasteiger partial charge is 0.257 e. The molecule has 124 valence electrons. The Balaban J connectivity index is 2.01. The van der Waals surface area contributed by atoms with E-state index < -0.39 is 0 Å². The molecule has 0 fully saturated rings. The van der Waals surface area contributed by atoms with Crippen LogP contribution in [0.25, 0.3) is 0 Å². The van der Waals surface area contributed by atoms with Crippen molar-refractivity contribution in [2.24, 2.45) is 0 Å². The highest BCUT2D eigenvalue weighted by Crippen LogP contribution is 2.22. The number of aromatic nitrogens is 2. The molecule has 0 radical (unpaired) electrons. The summed E-state index contributed by atoms with van der Waals surface area (Å²) in [7, 11) is 0. The molecule has 6 heteroatoms. The molecule has 0 bridgehead atoms. The molecule has 2 heterocycles. The fraction of sp³-hybridized carbons (Fsp3) is 0.471. The van der Waals surface area contributed by atoms with Crippen molar-refractivity contribution < 1.29 is 14.1 Å². The lowest BCUT2D eigenvalue weighted by atomic mass is 10.0. The minimum absolute atomic E-state index is 0.0825. The Morgan fingerprint density at radius 2 is 2.04 bits per heavy atom. The maximum atomic E-state index is 12.4. The first-order chi connectivity index (χ1) is 10.9. The fourth-order valence-corrected chi connectivity index (χ4v) is 2.15. The number of pyridine rings is 1. The summed E-state index contributed by atoms with van der Waals surface area (Å²) in [6.45, 7) is 9.98. The largest absolute Gasteiger partial charge is 0.475 e. The molecule has 2 rings (SSSR count). The van der Waals surface area contributed by atoms with Gasteiger partial charge < -0.3 is 14.6 Å². The fourth-order valence-electron chi connectivity index (χ4n) is 2.15. The van der Waals surface area contributed by atoms with E-state index in [-0.39, 0.29) is 17.9 Å². The number of nitrogens with one attached hydrogen (secondary N) is 1. The summed E-state index contributed by atoms with van der Waals surface area (Å²) in [5, 5.41) is 6.77. The summed E-state index contributed by atoms with van der Waals surface area (Å²) in [6.07, 6.45) is 1.78. The Labute approximate surface area is 136 Å². The standard InChI is InChI=1S/C17H23N3O3/c1-10(2)16-15(12(5)20-23-16)17(21)19-9-13-6-7-14(18-8-13)22-11(3)4/h6-8,10-11H,9H2,1-5H3,(H,19,21). The monoisotopic (exact) mass is 317 g/mol. The molecule has 0 aliphatic rings. The Morgan fingerprint density at radius 3 is 2.61 bits per heavy atom. The lowest BCUT2D eigenvalue weighted by Gasteiger charge is -2.10. The molecule has 6 nitrogen and oxygen atoms in total. The van der Waals surface area contributed by atoms with Gasteiger partial charge in [0.15, 0.2) is 5.76 Å². The zero-order valence-electron chi connectivity index (χ0n) is 14.2. The molecule has 0 aromatic carbocycles. The molecule has 0 aliphatic carbocycles. The second-order valence-electron chi connectivity index (χ2n) is 6.02. The highest BCUT2D eigenvalue weighted by Gasteiger charge is 2.22. The number of carbonyl (C=O) groups is 1.